The van der Waals surface area contributed by atoms with Gasteiger partial charge in [0, 0.05) is 12.1 Å². The van der Waals surface area contributed by atoms with Crippen LogP contribution in [0.3, 0.4) is 0 Å². The van der Waals surface area contributed by atoms with E-state index in [-0.39, 0.29) is 0 Å². The van der Waals surface area contributed by atoms with Gasteiger partial charge < -0.3 is 5.73 Å². The fourth-order valence-electron chi connectivity index (χ4n) is 2.14. The minimum Gasteiger partial charge on any atom is -0.325 e. The van der Waals surface area contributed by atoms with E-state index in [1.54, 1.807) is 11.3 Å². The summed E-state index contributed by atoms with van der Waals surface area (Å²) in [6, 6.07) is 2.24. The number of halogens is 1. The molecule has 0 bridgehead atoms. The van der Waals surface area contributed by atoms with E-state index < -0.39 is 0 Å². The number of hydrogen-bond acceptors (Lipinski definition) is 3. The number of nitrogens with zero attached hydrogens (tertiary/aromatic N) is 1. The van der Waals surface area contributed by atoms with E-state index in [1.165, 1.54) is 32.7 Å². The van der Waals surface area contributed by atoms with E-state index in [0.29, 0.717) is 6.54 Å². The molecule has 2 rings (SSSR count). The molecule has 0 aliphatic heterocycles. The molecule has 0 spiro atoms. The van der Waals surface area contributed by atoms with E-state index in [4.69, 9.17) is 5.73 Å². The third-order valence-electron chi connectivity index (χ3n) is 3.40. The Morgan fingerprint density at radius 1 is 1.17 bits per heavy atom. The topological polar surface area (TPSA) is 38.9 Å². The molecule has 0 atom stereocenters. The minimum absolute atomic E-state index is 0.492. The van der Waals surface area contributed by atoms with Crippen molar-refractivity contribution in [1.29, 1.82) is 0 Å². The molecule has 0 amide bonds. The molecular formula is C14H17BrN2S. The molecule has 96 valence electrons. The molecule has 18 heavy (non-hydrogen) atoms. The molecular weight excluding hydrogens is 308 g/mol. The number of thiazole rings is 1. The molecule has 2 N–H and O–H groups in total. The van der Waals surface area contributed by atoms with Crippen molar-refractivity contribution >= 4 is 27.3 Å². The minimum atomic E-state index is 0.492. The van der Waals surface area contributed by atoms with Crippen LogP contribution < -0.4 is 5.73 Å². The quantitative estimate of drug-likeness (QED) is 0.896. The molecule has 2 nitrogen and oxygen atoms in total. The Kier molecular flexibility index (Phi) is 3.90. The predicted octanol–water partition coefficient (Wildman–Crippen LogP) is 4.26. The van der Waals surface area contributed by atoms with E-state index >= 15 is 0 Å². The Balaban J connectivity index is 2.73. The van der Waals surface area contributed by atoms with Crippen LogP contribution in [0.15, 0.2) is 10.7 Å². The zero-order valence-electron chi connectivity index (χ0n) is 11.1. The van der Waals surface area contributed by atoms with Gasteiger partial charge in [-0.3, -0.25) is 0 Å². The highest BCUT2D eigenvalue weighted by Crippen LogP contribution is 2.39. The summed E-state index contributed by atoms with van der Waals surface area (Å²) < 4.78 is 0.907. The maximum atomic E-state index is 5.67. The van der Waals surface area contributed by atoms with Gasteiger partial charge in [0.1, 0.15) is 9.61 Å². The van der Waals surface area contributed by atoms with E-state index in [1.807, 2.05) is 0 Å². The first-order chi connectivity index (χ1) is 8.45. The number of nitrogens with two attached hydrogens (primary N) is 1. The summed E-state index contributed by atoms with van der Waals surface area (Å²) in [5.41, 5.74) is 12.3. The second kappa shape index (κ2) is 5.11. The third kappa shape index (κ3) is 2.25. The van der Waals surface area contributed by atoms with Crippen LogP contribution >= 0.6 is 27.3 Å². The molecule has 0 saturated heterocycles. The summed E-state index contributed by atoms with van der Waals surface area (Å²) in [6.07, 6.45) is 0. The van der Waals surface area contributed by atoms with Gasteiger partial charge in [0.25, 0.3) is 0 Å². The van der Waals surface area contributed by atoms with E-state index in [9.17, 15) is 0 Å². The summed E-state index contributed by atoms with van der Waals surface area (Å²) in [5, 5.41) is 0.967. The highest BCUT2D eigenvalue weighted by atomic mass is 79.9. The second-order valence-electron chi connectivity index (χ2n) is 4.57. The van der Waals surface area contributed by atoms with Gasteiger partial charge >= 0.3 is 0 Å². The van der Waals surface area contributed by atoms with Gasteiger partial charge in [0.05, 0.1) is 4.88 Å². The Hall–Kier alpha value is -0.710. The normalized spacial score (nSPS) is 11.0. The fraction of sp³-hybridized carbons (Fsp3) is 0.357. The summed E-state index contributed by atoms with van der Waals surface area (Å²) in [4.78, 5) is 5.65. The summed E-state index contributed by atoms with van der Waals surface area (Å²) in [5.74, 6) is 0. The van der Waals surface area contributed by atoms with Crippen LogP contribution in [0.1, 0.15) is 27.3 Å². The molecule has 0 radical (unpaired) electrons. The monoisotopic (exact) mass is 324 g/mol. The summed E-state index contributed by atoms with van der Waals surface area (Å²) in [6.45, 7) is 9.15. The zero-order valence-corrected chi connectivity index (χ0v) is 13.5. The first kappa shape index (κ1) is 13.7. The molecule has 0 saturated carbocycles. The standard InChI is InChI=1S/C14H17BrN2S/c1-7-5-8(2)10(4)12(9(7)3)13-14(15)17-11(6-16)18-13/h5H,6,16H2,1-4H3. The third-order valence-corrected chi connectivity index (χ3v) is 5.33. The van der Waals surface area contributed by atoms with Gasteiger partial charge in [-0.05, 0) is 65.9 Å². The molecule has 4 heteroatoms. The Labute approximate surface area is 120 Å². The molecule has 1 heterocycles. The molecule has 0 unspecified atom stereocenters. The Morgan fingerprint density at radius 3 is 2.17 bits per heavy atom. The van der Waals surface area contributed by atoms with E-state index in [0.717, 1.165) is 9.61 Å². The highest BCUT2D eigenvalue weighted by molar-refractivity contribution is 9.10. The van der Waals surface area contributed by atoms with Gasteiger partial charge in [-0.1, -0.05) is 6.07 Å². The van der Waals surface area contributed by atoms with Crippen molar-refractivity contribution in [3.8, 4) is 10.4 Å². The largest absolute Gasteiger partial charge is 0.325 e. The average molecular weight is 325 g/mol. The van der Waals surface area contributed by atoms with Crippen LogP contribution in [0.2, 0.25) is 0 Å². The first-order valence-electron chi connectivity index (χ1n) is 5.88. The lowest BCUT2D eigenvalue weighted by Gasteiger charge is -2.14. The van der Waals surface area contributed by atoms with E-state index in [2.05, 4.69) is 54.7 Å². The molecule has 1 aromatic carbocycles. The van der Waals surface area contributed by atoms with Crippen LogP contribution in [0.4, 0.5) is 0 Å². The van der Waals surface area contributed by atoms with Crippen LogP contribution in [0, 0.1) is 27.7 Å². The van der Waals surface area contributed by atoms with Gasteiger partial charge in [-0.2, -0.15) is 0 Å². The van der Waals surface area contributed by atoms with Crippen molar-refractivity contribution in [2.45, 2.75) is 34.2 Å². The van der Waals surface area contributed by atoms with Crippen molar-refractivity contribution < 1.29 is 0 Å². The van der Waals surface area contributed by atoms with Crippen LogP contribution in [-0.2, 0) is 6.54 Å². The van der Waals surface area contributed by atoms with Gasteiger partial charge in [0.2, 0.25) is 0 Å². The second-order valence-corrected chi connectivity index (χ2v) is 6.40. The van der Waals surface area contributed by atoms with Crippen LogP contribution in [0.5, 0.6) is 0 Å². The van der Waals surface area contributed by atoms with Crippen molar-refractivity contribution in [3.63, 3.8) is 0 Å². The van der Waals surface area contributed by atoms with Gasteiger partial charge in [-0.25, -0.2) is 4.98 Å². The lowest BCUT2D eigenvalue weighted by Crippen LogP contribution is -1.94. The average Bonchev–Trinajstić information content (AvgIpc) is 2.69. The van der Waals surface area contributed by atoms with Gasteiger partial charge in [0.15, 0.2) is 0 Å². The molecule has 0 fully saturated rings. The smallest absolute Gasteiger partial charge is 0.125 e. The number of benzene rings is 1. The lowest BCUT2D eigenvalue weighted by molar-refractivity contribution is 1.03. The number of rotatable bonds is 2. The maximum absolute atomic E-state index is 5.67. The molecule has 0 aliphatic rings. The molecule has 2 aromatic rings. The van der Waals surface area contributed by atoms with Crippen molar-refractivity contribution in [3.05, 3.63) is 37.9 Å². The summed E-state index contributed by atoms with van der Waals surface area (Å²) in [7, 11) is 0. The Bertz CT molecular complexity index is 576. The van der Waals surface area contributed by atoms with Gasteiger partial charge in [-0.15, -0.1) is 11.3 Å². The highest BCUT2D eigenvalue weighted by Gasteiger charge is 2.16. The van der Waals surface area contributed by atoms with Crippen LogP contribution in [-0.4, -0.2) is 4.98 Å². The first-order valence-corrected chi connectivity index (χ1v) is 7.49. The van der Waals surface area contributed by atoms with Crippen molar-refractivity contribution in [1.82, 2.24) is 4.98 Å². The predicted molar refractivity (Wildman–Crippen MR) is 82.1 cm³/mol. The maximum Gasteiger partial charge on any atom is 0.125 e. The SMILES string of the molecule is Cc1cc(C)c(C)c(-c2sc(CN)nc2Br)c1C. The number of aromatic nitrogens is 1. The summed E-state index contributed by atoms with van der Waals surface area (Å²) >= 11 is 5.23. The lowest BCUT2D eigenvalue weighted by atomic mass is 9.94. The van der Waals surface area contributed by atoms with Crippen molar-refractivity contribution in [2.24, 2.45) is 5.73 Å². The van der Waals surface area contributed by atoms with Crippen LogP contribution in [0.25, 0.3) is 10.4 Å². The fourth-order valence-corrected chi connectivity index (χ4v) is 3.91. The number of hydrogen-bond donors (Lipinski definition) is 1. The Morgan fingerprint density at radius 2 is 1.72 bits per heavy atom. The van der Waals surface area contributed by atoms with Crippen molar-refractivity contribution in [2.75, 3.05) is 0 Å². The number of aryl methyl sites for hydroxylation is 2. The molecule has 0 aliphatic carbocycles. The zero-order chi connectivity index (χ0) is 13.4. The molecule has 1 aromatic heterocycles.